The van der Waals surface area contributed by atoms with Crippen LogP contribution in [0.1, 0.15) is 55.4 Å². The molecule has 6 aliphatic rings. The maximum Gasteiger partial charge on any atom is 0.274 e. The molecule has 4 aromatic rings. The maximum absolute atomic E-state index is 6.15. The number of fused-ring (bicyclic) bond motifs is 8. The Labute approximate surface area is 321 Å². The zero-order valence-corrected chi connectivity index (χ0v) is 33.0. The minimum Gasteiger partial charge on any atom is -0.467 e. The molecule has 0 unspecified atom stereocenters. The van der Waals surface area contributed by atoms with Crippen molar-refractivity contribution >= 4 is 43.1 Å². The number of hydrogen-bond acceptors (Lipinski definition) is 16. The van der Waals surface area contributed by atoms with Crippen molar-refractivity contribution in [1.82, 2.24) is 9.97 Å². The summed E-state index contributed by atoms with van der Waals surface area (Å²) in [5.74, 6) is -2.87. The highest BCUT2D eigenvalue weighted by atomic mass is 32.1. The summed E-state index contributed by atoms with van der Waals surface area (Å²) in [5, 5.41) is 1.22. The summed E-state index contributed by atoms with van der Waals surface area (Å²) in [6, 6.07) is 15.9. The molecule has 0 aliphatic carbocycles. The van der Waals surface area contributed by atoms with Crippen molar-refractivity contribution in [3.63, 3.8) is 0 Å². The fourth-order valence-corrected chi connectivity index (χ4v) is 9.44. The maximum atomic E-state index is 6.15. The quantitative estimate of drug-likeness (QED) is 0.221. The Morgan fingerprint density at radius 2 is 0.833 bits per heavy atom. The molecule has 0 radical (unpaired) electrons. The third-order valence-electron chi connectivity index (χ3n) is 9.79. The number of nitrogens with zero attached hydrogens (tertiary/aromatic N) is 2. The van der Waals surface area contributed by atoms with E-state index < -0.39 is 35.7 Å². The van der Waals surface area contributed by atoms with Crippen LogP contribution in [0.25, 0.3) is 20.4 Å². The van der Waals surface area contributed by atoms with Crippen LogP contribution < -0.4 is 9.47 Å². The fourth-order valence-electron chi connectivity index (χ4n) is 7.79. The standard InChI is InChI=1S/2C19H23NO6S/c2*1-18(2)23-13-11(9-21-17-20-10-7-5-6-8-12(10)27-17)22-16-15(14(13)24-18)25-19(3,4)26-16/h2*5-8,11,13-16H,9H2,1-4H3/t2*11-,13+,14+,15-,16-/m11/s1. The minimum atomic E-state index is -0.723. The van der Waals surface area contributed by atoms with Gasteiger partial charge in [0.15, 0.2) is 35.7 Å². The molecule has 8 heterocycles. The van der Waals surface area contributed by atoms with Gasteiger partial charge in [0.05, 0.1) is 20.4 Å². The van der Waals surface area contributed by atoms with Crippen LogP contribution in [0.5, 0.6) is 10.4 Å². The summed E-state index contributed by atoms with van der Waals surface area (Å²) in [6.45, 7) is 15.7. The lowest BCUT2D eigenvalue weighted by Crippen LogP contribution is -2.56. The summed E-state index contributed by atoms with van der Waals surface area (Å²) in [6.07, 6.45) is -3.51. The monoisotopic (exact) mass is 786 g/mol. The molecule has 54 heavy (non-hydrogen) atoms. The van der Waals surface area contributed by atoms with Crippen LogP contribution >= 0.6 is 22.7 Å². The number of rotatable bonds is 6. The molecule has 292 valence electrons. The van der Waals surface area contributed by atoms with Gasteiger partial charge in [-0.3, -0.25) is 0 Å². The molecule has 14 nitrogen and oxygen atoms in total. The first-order valence-electron chi connectivity index (χ1n) is 18.3. The Morgan fingerprint density at radius 3 is 1.24 bits per heavy atom. The Balaban J connectivity index is 0.000000142. The Morgan fingerprint density at radius 1 is 0.481 bits per heavy atom. The third kappa shape index (κ3) is 7.37. The third-order valence-corrected chi connectivity index (χ3v) is 11.7. The molecular weight excluding hydrogens is 741 g/mol. The van der Waals surface area contributed by atoms with E-state index in [0.717, 1.165) is 20.4 Å². The number of ether oxygens (including phenoxy) is 12. The van der Waals surface area contributed by atoms with E-state index in [-0.39, 0.29) is 48.8 Å². The van der Waals surface area contributed by atoms with Gasteiger partial charge in [0, 0.05) is 0 Å². The molecule has 2 aromatic carbocycles. The number of para-hydroxylation sites is 2. The highest BCUT2D eigenvalue weighted by molar-refractivity contribution is 7.20. The van der Waals surface area contributed by atoms with E-state index >= 15 is 0 Å². The van der Waals surface area contributed by atoms with E-state index in [1.54, 1.807) is 0 Å². The average Bonchev–Trinajstić information content (AvgIpc) is 3.93. The molecule has 0 bridgehead atoms. The van der Waals surface area contributed by atoms with Crippen molar-refractivity contribution in [2.75, 3.05) is 13.2 Å². The van der Waals surface area contributed by atoms with Crippen molar-refractivity contribution in [3.8, 4) is 10.4 Å². The molecule has 0 spiro atoms. The smallest absolute Gasteiger partial charge is 0.274 e. The first-order valence-corrected chi connectivity index (χ1v) is 19.9. The number of hydrogen-bond donors (Lipinski definition) is 0. The molecule has 0 N–H and O–H groups in total. The molecular formula is C38H46N2O12S2. The second-order valence-corrected chi connectivity index (χ2v) is 17.9. The highest BCUT2D eigenvalue weighted by Gasteiger charge is 2.62. The topological polar surface area (TPSA) is 137 Å². The Kier molecular flexibility index (Phi) is 9.27. The first kappa shape index (κ1) is 37.0. The molecule has 6 fully saturated rings. The van der Waals surface area contributed by atoms with E-state index in [1.165, 1.54) is 22.7 Å². The lowest BCUT2D eigenvalue weighted by molar-refractivity contribution is -0.238. The van der Waals surface area contributed by atoms with Crippen molar-refractivity contribution in [1.29, 1.82) is 0 Å². The van der Waals surface area contributed by atoms with Crippen LogP contribution in [-0.4, -0.2) is 108 Å². The number of benzene rings is 2. The molecule has 6 aliphatic heterocycles. The van der Waals surface area contributed by atoms with Gasteiger partial charge in [0.25, 0.3) is 10.4 Å². The van der Waals surface area contributed by atoms with Crippen molar-refractivity contribution < 1.29 is 56.8 Å². The van der Waals surface area contributed by atoms with Crippen molar-refractivity contribution in [2.45, 2.75) is 140 Å². The predicted octanol–water partition coefficient (Wildman–Crippen LogP) is 6.14. The molecule has 10 rings (SSSR count). The van der Waals surface area contributed by atoms with Gasteiger partial charge in [-0.15, -0.1) is 0 Å². The lowest BCUT2D eigenvalue weighted by Gasteiger charge is -2.36. The SMILES string of the molecule is CC1(C)O[C@H]2[C@@H](O1)[C@@H](COc1nc3ccccc3s1)O[C@@H]1OC(C)(C)O[C@@H]12.CC1(C)O[C@H]2[C@@H](O1)[C@@H](COc1nc3ccccc3s1)O[C@@H]1OC(C)(C)O[C@@H]12. The van der Waals surface area contributed by atoms with Gasteiger partial charge in [-0.2, -0.15) is 0 Å². The predicted molar refractivity (Wildman–Crippen MR) is 195 cm³/mol. The van der Waals surface area contributed by atoms with Crippen molar-refractivity contribution in [3.05, 3.63) is 48.5 Å². The van der Waals surface area contributed by atoms with E-state index in [0.29, 0.717) is 23.6 Å². The van der Waals surface area contributed by atoms with Gasteiger partial charge >= 0.3 is 0 Å². The largest absolute Gasteiger partial charge is 0.467 e. The lowest BCUT2D eigenvalue weighted by atomic mass is 9.99. The second-order valence-electron chi connectivity index (χ2n) is 15.9. The van der Waals surface area contributed by atoms with Gasteiger partial charge in [-0.25, -0.2) is 9.97 Å². The fraction of sp³-hybridized carbons (Fsp3) is 0.632. The molecule has 2 aromatic heterocycles. The van der Waals surface area contributed by atoms with Crippen LogP contribution in [0.3, 0.4) is 0 Å². The Bertz CT molecular complexity index is 1780. The van der Waals surface area contributed by atoms with Gasteiger partial charge in [0.1, 0.15) is 62.0 Å². The van der Waals surface area contributed by atoms with Gasteiger partial charge in [0.2, 0.25) is 0 Å². The van der Waals surface area contributed by atoms with Crippen LogP contribution in [0, 0.1) is 0 Å². The van der Waals surface area contributed by atoms with E-state index in [1.807, 2.05) is 104 Å². The number of aromatic nitrogens is 2. The van der Waals surface area contributed by atoms with Crippen molar-refractivity contribution in [2.24, 2.45) is 0 Å². The molecule has 0 saturated carbocycles. The Hall–Kier alpha value is -2.58. The number of thiazole rings is 2. The zero-order chi connectivity index (χ0) is 37.6. The summed E-state index contributed by atoms with van der Waals surface area (Å²) < 4.78 is 74.7. The molecule has 10 atom stereocenters. The first-order chi connectivity index (χ1) is 25.6. The minimum absolute atomic E-state index is 0.274. The average molecular weight is 787 g/mol. The van der Waals surface area contributed by atoms with E-state index in [2.05, 4.69) is 9.97 Å². The normalized spacial score (nSPS) is 36.5. The molecule has 16 heteroatoms. The second kappa shape index (κ2) is 13.5. The van der Waals surface area contributed by atoms with E-state index in [4.69, 9.17) is 56.8 Å². The highest BCUT2D eigenvalue weighted by Crippen LogP contribution is 2.46. The molecule has 6 saturated heterocycles. The van der Waals surface area contributed by atoms with Gasteiger partial charge in [-0.05, 0) is 79.7 Å². The van der Waals surface area contributed by atoms with Crippen LogP contribution in [-0.2, 0) is 47.4 Å². The van der Waals surface area contributed by atoms with Gasteiger partial charge < -0.3 is 56.8 Å². The summed E-state index contributed by atoms with van der Waals surface area (Å²) in [7, 11) is 0. The molecule has 0 amide bonds. The summed E-state index contributed by atoms with van der Waals surface area (Å²) in [5.41, 5.74) is 1.85. The van der Waals surface area contributed by atoms with E-state index in [9.17, 15) is 0 Å². The van der Waals surface area contributed by atoms with Crippen LogP contribution in [0.4, 0.5) is 0 Å². The van der Waals surface area contributed by atoms with Crippen LogP contribution in [0.15, 0.2) is 48.5 Å². The van der Waals surface area contributed by atoms with Crippen LogP contribution in [0.2, 0.25) is 0 Å². The summed E-state index contributed by atoms with van der Waals surface area (Å²) in [4.78, 5) is 9.03. The van der Waals surface area contributed by atoms with Gasteiger partial charge in [-0.1, -0.05) is 46.9 Å². The zero-order valence-electron chi connectivity index (χ0n) is 31.4. The summed E-state index contributed by atoms with van der Waals surface area (Å²) >= 11 is 3.03.